The zero-order valence-corrected chi connectivity index (χ0v) is 13.8. The first kappa shape index (κ1) is 16.0. The molecule has 0 bridgehead atoms. The summed E-state index contributed by atoms with van der Waals surface area (Å²) in [6, 6.07) is 19.2. The fourth-order valence-electron chi connectivity index (χ4n) is 2.18. The van der Waals surface area contributed by atoms with Gasteiger partial charge >= 0.3 is 0 Å². The highest BCUT2D eigenvalue weighted by atomic mass is 35.5. The third kappa shape index (κ3) is 4.12. The first-order valence-electron chi connectivity index (χ1n) is 7.56. The Kier molecular flexibility index (Phi) is 5.08. The Bertz CT molecular complexity index is 817. The summed E-state index contributed by atoms with van der Waals surface area (Å²) < 4.78 is 0. The van der Waals surface area contributed by atoms with Gasteiger partial charge in [-0.25, -0.2) is 9.97 Å². The summed E-state index contributed by atoms with van der Waals surface area (Å²) in [5.74, 6) is 2.10. The van der Waals surface area contributed by atoms with Gasteiger partial charge in [-0.2, -0.15) is 0 Å². The van der Waals surface area contributed by atoms with E-state index in [2.05, 4.69) is 27.2 Å². The van der Waals surface area contributed by atoms with Crippen LogP contribution in [0.1, 0.15) is 0 Å². The highest BCUT2D eigenvalue weighted by molar-refractivity contribution is 6.30. The van der Waals surface area contributed by atoms with E-state index in [1.54, 1.807) is 6.08 Å². The minimum atomic E-state index is 0.631. The van der Waals surface area contributed by atoms with E-state index in [1.165, 1.54) is 0 Å². The van der Waals surface area contributed by atoms with Gasteiger partial charge in [0.15, 0.2) is 5.82 Å². The molecule has 3 rings (SSSR count). The van der Waals surface area contributed by atoms with E-state index in [0.717, 1.165) is 17.1 Å². The van der Waals surface area contributed by atoms with E-state index in [1.807, 2.05) is 60.7 Å². The maximum absolute atomic E-state index is 5.93. The summed E-state index contributed by atoms with van der Waals surface area (Å²) in [6.07, 6.45) is 1.79. The number of benzene rings is 2. The molecule has 1 heterocycles. The molecule has 3 aromatic rings. The SMILES string of the molecule is C=CCNc1cc(Nc2ccc(Cl)cc2)nc(-c2ccccc2)n1. The molecular weight excluding hydrogens is 320 g/mol. The lowest BCUT2D eigenvalue weighted by Crippen LogP contribution is -2.04. The molecule has 0 unspecified atom stereocenters. The topological polar surface area (TPSA) is 49.8 Å². The van der Waals surface area contributed by atoms with Crippen LogP contribution < -0.4 is 10.6 Å². The monoisotopic (exact) mass is 336 g/mol. The van der Waals surface area contributed by atoms with Crippen molar-refractivity contribution in [3.63, 3.8) is 0 Å². The number of nitrogens with zero attached hydrogens (tertiary/aromatic N) is 2. The summed E-state index contributed by atoms with van der Waals surface area (Å²) in [4.78, 5) is 9.17. The van der Waals surface area contributed by atoms with Crippen molar-refractivity contribution >= 4 is 28.9 Å². The van der Waals surface area contributed by atoms with Crippen LogP contribution >= 0.6 is 11.6 Å². The second-order valence-electron chi connectivity index (χ2n) is 5.13. The third-order valence-corrected chi connectivity index (χ3v) is 3.55. The van der Waals surface area contributed by atoms with Crippen molar-refractivity contribution in [2.45, 2.75) is 0 Å². The molecule has 0 spiro atoms. The van der Waals surface area contributed by atoms with Gasteiger partial charge in [0.2, 0.25) is 0 Å². The Morgan fingerprint density at radius 3 is 2.38 bits per heavy atom. The van der Waals surface area contributed by atoms with E-state index in [4.69, 9.17) is 11.6 Å². The highest BCUT2D eigenvalue weighted by Crippen LogP contribution is 2.23. The van der Waals surface area contributed by atoms with Gasteiger partial charge in [-0.15, -0.1) is 6.58 Å². The second-order valence-corrected chi connectivity index (χ2v) is 5.57. The molecule has 0 aliphatic rings. The van der Waals surface area contributed by atoms with Gasteiger partial charge < -0.3 is 10.6 Å². The Morgan fingerprint density at radius 2 is 1.67 bits per heavy atom. The summed E-state index contributed by atoms with van der Waals surface area (Å²) >= 11 is 5.93. The van der Waals surface area contributed by atoms with Crippen LogP contribution in [0.5, 0.6) is 0 Å². The molecule has 0 aliphatic carbocycles. The molecule has 1 aromatic heterocycles. The Morgan fingerprint density at radius 1 is 0.958 bits per heavy atom. The van der Waals surface area contributed by atoms with Gasteiger partial charge in [-0.3, -0.25) is 0 Å². The van der Waals surface area contributed by atoms with Crippen LogP contribution in [0.2, 0.25) is 5.02 Å². The zero-order valence-electron chi connectivity index (χ0n) is 13.0. The molecule has 0 aliphatic heterocycles. The number of hydrogen-bond donors (Lipinski definition) is 2. The molecule has 4 nitrogen and oxygen atoms in total. The molecule has 0 saturated heterocycles. The first-order chi connectivity index (χ1) is 11.7. The Balaban J connectivity index is 1.94. The second kappa shape index (κ2) is 7.62. The number of halogens is 1. The first-order valence-corrected chi connectivity index (χ1v) is 7.94. The third-order valence-electron chi connectivity index (χ3n) is 3.30. The summed E-state index contributed by atoms with van der Waals surface area (Å²) in [5, 5.41) is 7.19. The standard InChI is InChI=1S/C19H17ClN4/c1-2-12-21-17-13-18(22-16-10-8-15(20)9-11-16)24-19(23-17)14-6-4-3-5-7-14/h2-11,13H,1,12H2,(H2,21,22,23,24). The van der Waals surface area contributed by atoms with Crippen LogP contribution in [-0.2, 0) is 0 Å². The van der Waals surface area contributed by atoms with Gasteiger partial charge in [0, 0.05) is 28.9 Å². The van der Waals surface area contributed by atoms with Gasteiger partial charge in [0.1, 0.15) is 11.6 Å². The van der Waals surface area contributed by atoms with Crippen molar-refractivity contribution in [1.82, 2.24) is 9.97 Å². The molecule has 5 heteroatoms. The minimum absolute atomic E-state index is 0.631. The Labute approximate surface area is 146 Å². The highest BCUT2D eigenvalue weighted by Gasteiger charge is 2.07. The van der Waals surface area contributed by atoms with Crippen LogP contribution in [0, 0.1) is 0 Å². The Hall–Kier alpha value is -2.85. The van der Waals surface area contributed by atoms with Crippen LogP contribution in [0.4, 0.5) is 17.3 Å². The lowest BCUT2D eigenvalue weighted by molar-refractivity contribution is 1.15. The van der Waals surface area contributed by atoms with Gasteiger partial charge in [-0.1, -0.05) is 48.0 Å². The van der Waals surface area contributed by atoms with Crippen LogP contribution in [-0.4, -0.2) is 16.5 Å². The molecule has 120 valence electrons. The molecular formula is C19H17ClN4. The van der Waals surface area contributed by atoms with Crippen molar-refractivity contribution in [2.75, 3.05) is 17.2 Å². The minimum Gasteiger partial charge on any atom is -0.366 e. The van der Waals surface area contributed by atoms with Crippen LogP contribution in [0.3, 0.4) is 0 Å². The maximum atomic E-state index is 5.93. The average molecular weight is 337 g/mol. The fraction of sp³-hybridized carbons (Fsp3) is 0.0526. The number of aromatic nitrogens is 2. The van der Waals surface area contributed by atoms with Crippen molar-refractivity contribution in [2.24, 2.45) is 0 Å². The smallest absolute Gasteiger partial charge is 0.163 e. The lowest BCUT2D eigenvalue weighted by Gasteiger charge is -2.11. The molecule has 24 heavy (non-hydrogen) atoms. The van der Waals surface area contributed by atoms with E-state index >= 15 is 0 Å². The maximum Gasteiger partial charge on any atom is 0.163 e. The molecule has 0 saturated carbocycles. The van der Waals surface area contributed by atoms with Crippen LogP contribution in [0.15, 0.2) is 73.3 Å². The number of nitrogens with one attached hydrogen (secondary N) is 2. The predicted molar refractivity (Wildman–Crippen MR) is 101 cm³/mol. The molecule has 0 atom stereocenters. The molecule has 0 radical (unpaired) electrons. The lowest BCUT2D eigenvalue weighted by atomic mass is 10.2. The van der Waals surface area contributed by atoms with Crippen LogP contribution in [0.25, 0.3) is 11.4 Å². The zero-order chi connectivity index (χ0) is 16.8. The van der Waals surface area contributed by atoms with Crippen molar-refractivity contribution < 1.29 is 0 Å². The molecule has 2 N–H and O–H groups in total. The van der Waals surface area contributed by atoms with E-state index < -0.39 is 0 Å². The van der Waals surface area contributed by atoms with E-state index in [0.29, 0.717) is 23.2 Å². The molecule has 2 aromatic carbocycles. The fourth-order valence-corrected chi connectivity index (χ4v) is 2.30. The van der Waals surface area contributed by atoms with E-state index in [9.17, 15) is 0 Å². The largest absolute Gasteiger partial charge is 0.366 e. The number of anilines is 3. The van der Waals surface area contributed by atoms with Gasteiger partial charge in [0.25, 0.3) is 0 Å². The molecule has 0 fully saturated rings. The molecule has 0 amide bonds. The van der Waals surface area contributed by atoms with Crippen molar-refractivity contribution in [3.8, 4) is 11.4 Å². The van der Waals surface area contributed by atoms with Gasteiger partial charge in [-0.05, 0) is 24.3 Å². The van der Waals surface area contributed by atoms with E-state index in [-0.39, 0.29) is 0 Å². The number of hydrogen-bond acceptors (Lipinski definition) is 4. The summed E-state index contributed by atoms with van der Waals surface area (Å²) in [7, 11) is 0. The quantitative estimate of drug-likeness (QED) is 0.612. The van der Waals surface area contributed by atoms with Gasteiger partial charge in [0.05, 0.1) is 0 Å². The average Bonchev–Trinajstić information content (AvgIpc) is 2.62. The van der Waals surface area contributed by atoms with Crippen molar-refractivity contribution in [1.29, 1.82) is 0 Å². The van der Waals surface area contributed by atoms with Crippen molar-refractivity contribution in [3.05, 3.63) is 78.3 Å². The normalized spacial score (nSPS) is 10.2. The summed E-state index contributed by atoms with van der Waals surface area (Å²) in [5.41, 5.74) is 1.87. The number of rotatable bonds is 6. The summed E-state index contributed by atoms with van der Waals surface area (Å²) in [6.45, 7) is 4.35. The predicted octanol–water partition coefficient (Wildman–Crippen LogP) is 5.14.